The van der Waals surface area contributed by atoms with Crippen LogP contribution >= 0.6 is 15.9 Å². The molecular formula is C11H10BrF2N3O. The van der Waals surface area contributed by atoms with Crippen molar-refractivity contribution in [3.8, 4) is 11.5 Å². The van der Waals surface area contributed by atoms with Crippen LogP contribution in [0.5, 0.6) is 0 Å². The molecule has 1 N–H and O–H groups in total. The van der Waals surface area contributed by atoms with Gasteiger partial charge in [-0.05, 0) is 26.1 Å². The lowest BCUT2D eigenvalue weighted by Gasteiger charge is -2.03. The monoisotopic (exact) mass is 317 g/mol. The Balaban J connectivity index is 2.46. The van der Waals surface area contributed by atoms with Gasteiger partial charge in [-0.1, -0.05) is 15.9 Å². The Bertz CT molecular complexity index is 550. The van der Waals surface area contributed by atoms with E-state index in [9.17, 15) is 8.78 Å². The fourth-order valence-electron chi connectivity index (χ4n) is 1.38. The zero-order valence-electron chi connectivity index (χ0n) is 9.67. The maximum absolute atomic E-state index is 13.7. The topological polar surface area (TPSA) is 51.0 Å². The number of benzene rings is 1. The molecule has 0 fully saturated rings. The first-order valence-electron chi connectivity index (χ1n) is 5.18. The number of aromatic nitrogens is 2. The third-order valence-corrected chi connectivity index (χ3v) is 2.92. The molecule has 4 nitrogen and oxygen atoms in total. The quantitative estimate of drug-likeness (QED) is 0.945. The van der Waals surface area contributed by atoms with Gasteiger partial charge in [-0.15, -0.1) is 10.2 Å². The van der Waals surface area contributed by atoms with E-state index in [4.69, 9.17) is 4.42 Å². The number of hydrogen-bond acceptors (Lipinski definition) is 4. The summed E-state index contributed by atoms with van der Waals surface area (Å²) in [4.78, 5) is 0. The van der Waals surface area contributed by atoms with Crippen molar-refractivity contribution < 1.29 is 13.2 Å². The Morgan fingerprint density at radius 1 is 1.28 bits per heavy atom. The van der Waals surface area contributed by atoms with E-state index in [1.165, 1.54) is 0 Å². The predicted octanol–water partition coefficient (Wildman–Crippen LogP) is 3.06. The van der Waals surface area contributed by atoms with E-state index >= 15 is 0 Å². The number of hydrogen-bond donors (Lipinski definition) is 1. The van der Waals surface area contributed by atoms with Gasteiger partial charge in [0, 0.05) is 4.47 Å². The number of rotatable bonds is 3. The van der Waals surface area contributed by atoms with Crippen molar-refractivity contribution in [2.45, 2.75) is 13.0 Å². The highest BCUT2D eigenvalue weighted by Crippen LogP contribution is 2.28. The minimum absolute atomic E-state index is 0.172. The molecule has 96 valence electrons. The highest BCUT2D eigenvalue weighted by molar-refractivity contribution is 9.10. The maximum atomic E-state index is 13.7. The first-order chi connectivity index (χ1) is 8.52. The highest BCUT2D eigenvalue weighted by Gasteiger charge is 2.20. The Hall–Kier alpha value is -1.34. The van der Waals surface area contributed by atoms with Gasteiger partial charge in [0.15, 0.2) is 0 Å². The fourth-order valence-corrected chi connectivity index (χ4v) is 1.78. The molecule has 1 aromatic carbocycles. The summed E-state index contributed by atoms with van der Waals surface area (Å²) in [5.41, 5.74) is -0.319. The molecule has 7 heteroatoms. The van der Waals surface area contributed by atoms with Gasteiger partial charge in [0.2, 0.25) is 5.89 Å². The van der Waals surface area contributed by atoms with Gasteiger partial charge in [-0.25, -0.2) is 8.78 Å². The zero-order valence-corrected chi connectivity index (χ0v) is 11.3. The van der Waals surface area contributed by atoms with Crippen LogP contribution in [0, 0.1) is 11.6 Å². The molecule has 0 aliphatic carbocycles. The van der Waals surface area contributed by atoms with E-state index in [0.717, 1.165) is 12.1 Å². The van der Waals surface area contributed by atoms with Crippen molar-refractivity contribution in [2.24, 2.45) is 0 Å². The van der Waals surface area contributed by atoms with Crippen molar-refractivity contribution >= 4 is 15.9 Å². The lowest BCUT2D eigenvalue weighted by Crippen LogP contribution is -2.12. The van der Waals surface area contributed by atoms with Crippen LogP contribution in [0.3, 0.4) is 0 Å². The van der Waals surface area contributed by atoms with Gasteiger partial charge in [0.25, 0.3) is 5.89 Å². The minimum Gasteiger partial charge on any atom is -0.419 e. The van der Waals surface area contributed by atoms with Crippen molar-refractivity contribution in [1.29, 1.82) is 0 Å². The number of halogens is 3. The van der Waals surface area contributed by atoms with Gasteiger partial charge in [0.05, 0.1) is 6.04 Å². The van der Waals surface area contributed by atoms with Gasteiger partial charge in [-0.3, -0.25) is 0 Å². The molecule has 1 heterocycles. The Labute approximate surface area is 111 Å². The van der Waals surface area contributed by atoms with E-state index in [-0.39, 0.29) is 23.4 Å². The second kappa shape index (κ2) is 5.11. The van der Waals surface area contributed by atoms with E-state index in [0.29, 0.717) is 4.47 Å². The Morgan fingerprint density at radius 3 is 2.44 bits per heavy atom. The molecule has 0 saturated carbocycles. The SMILES string of the molecule is CNC(C)c1nnc(-c2c(F)cc(Br)cc2F)o1. The summed E-state index contributed by atoms with van der Waals surface area (Å²) >= 11 is 3.00. The normalized spacial score (nSPS) is 12.7. The third kappa shape index (κ3) is 2.41. The van der Waals surface area contributed by atoms with Crippen LogP contribution in [-0.2, 0) is 0 Å². The summed E-state index contributed by atoms with van der Waals surface area (Å²) in [6.45, 7) is 1.80. The summed E-state index contributed by atoms with van der Waals surface area (Å²) in [5, 5.41) is 10.3. The molecular weight excluding hydrogens is 308 g/mol. The maximum Gasteiger partial charge on any atom is 0.253 e. The Morgan fingerprint density at radius 2 is 1.89 bits per heavy atom. The summed E-state index contributed by atoms with van der Waals surface area (Å²) < 4.78 is 32.9. The smallest absolute Gasteiger partial charge is 0.253 e. The van der Waals surface area contributed by atoms with Crippen LogP contribution in [0.1, 0.15) is 18.9 Å². The fraction of sp³-hybridized carbons (Fsp3) is 0.273. The highest BCUT2D eigenvalue weighted by atomic mass is 79.9. The summed E-state index contributed by atoms with van der Waals surface area (Å²) in [6.07, 6.45) is 0. The largest absolute Gasteiger partial charge is 0.419 e. The van der Waals surface area contributed by atoms with Crippen LogP contribution in [0.25, 0.3) is 11.5 Å². The van der Waals surface area contributed by atoms with E-state index < -0.39 is 11.6 Å². The zero-order chi connectivity index (χ0) is 13.3. The average Bonchev–Trinajstić information content (AvgIpc) is 2.76. The molecule has 1 atom stereocenters. The molecule has 0 bridgehead atoms. The molecule has 2 aromatic rings. The molecule has 0 aliphatic heterocycles. The van der Waals surface area contributed by atoms with Crippen LogP contribution in [0.15, 0.2) is 21.0 Å². The molecule has 0 spiro atoms. The second-order valence-corrected chi connectivity index (χ2v) is 4.62. The lowest BCUT2D eigenvalue weighted by molar-refractivity contribution is 0.437. The number of nitrogens with one attached hydrogen (secondary N) is 1. The van der Waals surface area contributed by atoms with Crippen LogP contribution in [0.4, 0.5) is 8.78 Å². The van der Waals surface area contributed by atoms with E-state index in [2.05, 4.69) is 31.4 Å². The second-order valence-electron chi connectivity index (χ2n) is 3.70. The molecule has 0 amide bonds. The summed E-state index contributed by atoms with van der Waals surface area (Å²) in [7, 11) is 1.72. The Kier molecular flexibility index (Phi) is 3.72. The lowest BCUT2D eigenvalue weighted by atomic mass is 10.2. The van der Waals surface area contributed by atoms with Gasteiger partial charge in [-0.2, -0.15) is 0 Å². The molecule has 1 unspecified atom stereocenters. The summed E-state index contributed by atoms with van der Waals surface area (Å²) in [5.74, 6) is -1.41. The van der Waals surface area contributed by atoms with Crippen molar-refractivity contribution in [3.63, 3.8) is 0 Å². The molecule has 0 aliphatic rings. The third-order valence-electron chi connectivity index (χ3n) is 2.46. The average molecular weight is 318 g/mol. The van der Waals surface area contributed by atoms with Gasteiger partial charge < -0.3 is 9.73 Å². The van der Waals surface area contributed by atoms with Gasteiger partial charge >= 0.3 is 0 Å². The molecule has 0 saturated heterocycles. The van der Waals surface area contributed by atoms with E-state index in [1.807, 2.05) is 0 Å². The number of nitrogens with zero attached hydrogens (tertiary/aromatic N) is 2. The first-order valence-corrected chi connectivity index (χ1v) is 5.97. The minimum atomic E-state index is -0.755. The molecule has 1 aromatic heterocycles. The van der Waals surface area contributed by atoms with Gasteiger partial charge in [0.1, 0.15) is 17.2 Å². The standard InChI is InChI=1S/C11H10BrF2N3O/c1-5(15-2)10-16-17-11(18-10)9-7(13)3-6(12)4-8(9)14/h3-5,15H,1-2H3. The molecule has 0 radical (unpaired) electrons. The predicted molar refractivity (Wildman–Crippen MR) is 64.8 cm³/mol. The van der Waals surface area contributed by atoms with Crippen LogP contribution in [-0.4, -0.2) is 17.2 Å². The summed E-state index contributed by atoms with van der Waals surface area (Å²) in [6, 6.07) is 2.10. The van der Waals surface area contributed by atoms with Crippen LogP contribution in [0.2, 0.25) is 0 Å². The van der Waals surface area contributed by atoms with Crippen molar-refractivity contribution in [2.75, 3.05) is 7.05 Å². The van der Waals surface area contributed by atoms with Crippen molar-refractivity contribution in [1.82, 2.24) is 15.5 Å². The van der Waals surface area contributed by atoms with Crippen LogP contribution < -0.4 is 5.32 Å². The molecule has 2 rings (SSSR count). The van der Waals surface area contributed by atoms with Crippen molar-refractivity contribution in [3.05, 3.63) is 34.1 Å². The first kappa shape index (κ1) is 13.1. The molecule has 18 heavy (non-hydrogen) atoms. The van der Waals surface area contributed by atoms with E-state index in [1.54, 1.807) is 14.0 Å².